The van der Waals surface area contributed by atoms with Crippen LogP contribution in [-0.2, 0) is 13.6 Å². The maximum absolute atomic E-state index is 5.43. The Morgan fingerprint density at radius 1 is 1.32 bits per heavy atom. The number of nitrogens with zero attached hydrogens (tertiary/aromatic N) is 3. The Balaban J connectivity index is 1.93. The van der Waals surface area contributed by atoms with E-state index in [-0.39, 0.29) is 0 Å². The molecule has 2 heterocycles. The molecule has 0 spiro atoms. The molecule has 1 N–H and O–H groups in total. The second-order valence-electron chi connectivity index (χ2n) is 4.94. The standard InChI is InChI=1S/C14H20N4O/c1-17-13(10-18-8-6-15-7-9-18)16-11-4-3-5-12(19-2)14(11)17/h3-5,15H,6-10H2,1-2H3. The number of ether oxygens (including phenoxy) is 1. The summed E-state index contributed by atoms with van der Waals surface area (Å²) in [5.41, 5.74) is 2.09. The number of para-hydroxylation sites is 1. The van der Waals surface area contributed by atoms with Crippen LogP contribution in [0.4, 0.5) is 0 Å². The molecule has 0 saturated carbocycles. The van der Waals surface area contributed by atoms with Crippen molar-refractivity contribution in [2.75, 3.05) is 33.3 Å². The van der Waals surface area contributed by atoms with E-state index in [2.05, 4.69) is 21.8 Å². The Morgan fingerprint density at radius 2 is 2.11 bits per heavy atom. The van der Waals surface area contributed by atoms with Crippen LogP contribution in [0.25, 0.3) is 11.0 Å². The third kappa shape index (κ3) is 2.31. The van der Waals surface area contributed by atoms with E-state index < -0.39 is 0 Å². The summed E-state index contributed by atoms with van der Waals surface area (Å²) in [4.78, 5) is 7.17. The fourth-order valence-corrected chi connectivity index (χ4v) is 2.66. The lowest BCUT2D eigenvalue weighted by Crippen LogP contribution is -2.43. The Kier molecular flexibility index (Phi) is 3.40. The van der Waals surface area contributed by atoms with Crippen molar-refractivity contribution >= 4 is 11.0 Å². The number of aromatic nitrogens is 2. The van der Waals surface area contributed by atoms with Gasteiger partial charge in [0.15, 0.2) is 0 Å². The minimum Gasteiger partial charge on any atom is -0.494 e. The molecule has 102 valence electrons. The van der Waals surface area contributed by atoms with Gasteiger partial charge in [-0.1, -0.05) is 6.07 Å². The smallest absolute Gasteiger partial charge is 0.144 e. The Morgan fingerprint density at radius 3 is 2.84 bits per heavy atom. The number of nitrogens with one attached hydrogen (secondary N) is 1. The number of benzene rings is 1. The molecule has 1 aromatic carbocycles. The van der Waals surface area contributed by atoms with Crippen LogP contribution >= 0.6 is 0 Å². The minimum atomic E-state index is 0.888. The molecule has 1 aliphatic rings. The second kappa shape index (κ2) is 5.19. The third-order valence-electron chi connectivity index (χ3n) is 3.74. The van der Waals surface area contributed by atoms with Crippen molar-refractivity contribution in [1.82, 2.24) is 19.8 Å². The number of imidazole rings is 1. The number of hydrogen-bond acceptors (Lipinski definition) is 4. The van der Waals surface area contributed by atoms with E-state index in [0.29, 0.717) is 0 Å². The summed E-state index contributed by atoms with van der Waals surface area (Å²) in [7, 11) is 3.77. The summed E-state index contributed by atoms with van der Waals surface area (Å²) >= 11 is 0. The molecule has 0 aliphatic carbocycles. The molecule has 5 heteroatoms. The van der Waals surface area contributed by atoms with Crippen molar-refractivity contribution < 1.29 is 4.74 Å². The van der Waals surface area contributed by atoms with Crippen molar-refractivity contribution in [3.05, 3.63) is 24.0 Å². The molecule has 1 saturated heterocycles. The van der Waals surface area contributed by atoms with Crippen molar-refractivity contribution in [1.29, 1.82) is 0 Å². The highest BCUT2D eigenvalue weighted by molar-refractivity contribution is 5.82. The Hall–Kier alpha value is -1.59. The highest BCUT2D eigenvalue weighted by Crippen LogP contribution is 2.25. The number of piperazine rings is 1. The lowest BCUT2D eigenvalue weighted by Gasteiger charge is -2.26. The Labute approximate surface area is 113 Å². The highest BCUT2D eigenvalue weighted by atomic mass is 16.5. The minimum absolute atomic E-state index is 0.888. The molecular weight excluding hydrogens is 240 g/mol. The van der Waals surface area contributed by atoms with E-state index in [1.807, 2.05) is 18.2 Å². The lowest BCUT2D eigenvalue weighted by atomic mass is 10.3. The Bertz CT molecular complexity index is 572. The van der Waals surface area contributed by atoms with Gasteiger partial charge in [0.05, 0.1) is 19.2 Å². The number of fused-ring (bicyclic) bond motifs is 1. The van der Waals surface area contributed by atoms with Crippen LogP contribution in [0.1, 0.15) is 5.82 Å². The van der Waals surface area contributed by atoms with Crippen LogP contribution in [0.3, 0.4) is 0 Å². The fourth-order valence-electron chi connectivity index (χ4n) is 2.66. The molecule has 3 rings (SSSR count). The first kappa shape index (κ1) is 12.4. The molecule has 5 nitrogen and oxygen atoms in total. The fraction of sp³-hybridized carbons (Fsp3) is 0.500. The summed E-state index contributed by atoms with van der Waals surface area (Å²) in [6.07, 6.45) is 0. The van der Waals surface area contributed by atoms with Gasteiger partial charge in [0.2, 0.25) is 0 Å². The van der Waals surface area contributed by atoms with Crippen molar-refractivity contribution in [3.8, 4) is 5.75 Å². The van der Waals surface area contributed by atoms with Gasteiger partial charge in [-0.05, 0) is 12.1 Å². The van der Waals surface area contributed by atoms with Crippen molar-refractivity contribution in [2.45, 2.75) is 6.54 Å². The average Bonchev–Trinajstić information content (AvgIpc) is 2.77. The largest absolute Gasteiger partial charge is 0.494 e. The molecule has 1 aromatic heterocycles. The number of methoxy groups -OCH3 is 1. The van der Waals surface area contributed by atoms with Crippen LogP contribution in [-0.4, -0.2) is 47.7 Å². The van der Waals surface area contributed by atoms with Gasteiger partial charge >= 0.3 is 0 Å². The predicted octanol–water partition coefficient (Wildman–Crippen LogP) is 0.987. The summed E-state index contributed by atoms with van der Waals surface area (Å²) in [5.74, 6) is 1.99. The lowest BCUT2D eigenvalue weighted by molar-refractivity contribution is 0.226. The molecule has 0 amide bonds. The zero-order valence-corrected chi connectivity index (χ0v) is 11.5. The molecule has 1 aliphatic heterocycles. The maximum atomic E-state index is 5.43. The monoisotopic (exact) mass is 260 g/mol. The maximum Gasteiger partial charge on any atom is 0.144 e. The SMILES string of the molecule is COc1cccc2nc(CN3CCNCC3)n(C)c12. The van der Waals surface area contributed by atoms with Gasteiger partial charge < -0.3 is 14.6 Å². The normalized spacial score (nSPS) is 16.9. The van der Waals surface area contributed by atoms with E-state index in [0.717, 1.165) is 55.3 Å². The molecular formula is C14H20N4O. The van der Waals surface area contributed by atoms with Gasteiger partial charge in [-0.25, -0.2) is 4.98 Å². The van der Waals surface area contributed by atoms with Crippen LogP contribution in [0.15, 0.2) is 18.2 Å². The summed E-state index contributed by atoms with van der Waals surface area (Å²) in [5, 5.41) is 3.37. The summed E-state index contributed by atoms with van der Waals surface area (Å²) in [6, 6.07) is 6.01. The summed E-state index contributed by atoms with van der Waals surface area (Å²) < 4.78 is 7.58. The highest BCUT2D eigenvalue weighted by Gasteiger charge is 2.16. The zero-order chi connectivity index (χ0) is 13.2. The predicted molar refractivity (Wildman–Crippen MR) is 75.4 cm³/mol. The van der Waals surface area contributed by atoms with E-state index >= 15 is 0 Å². The van der Waals surface area contributed by atoms with Gasteiger partial charge in [-0.2, -0.15) is 0 Å². The van der Waals surface area contributed by atoms with Crippen LogP contribution in [0.5, 0.6) is 5.75 Å². The van der Waals surface area contributed by atoms with Gasteiger partial charge in [0, 0.05) is 33.2 Å². The first-order valence-electron chi connectivity index (χ1n) is 6.71. The number of rotatable bonds is 3. The topological polar surface area (TPSA) is 42.3 Å². The van der Waals surface area contributed by atoms with Crippen LogP contribution in [0, 0.1) is 0 Å². The molecule has 0 bridgehead atoms. The first-order valence-corrected chi connectivity index (χ1v) is 6.71. The average molecular weight is 260 g/mol. The van der Waals surface area contributed by atoms with E-state index in [1.54, 1.807) is 7.11 Å². The number of hydrogen-bond donors (Lipinski definition) is 1. The molecule has 0 radical (unpaired) electrons. The quantitative estimate of drug-likeness (QED) is 0.893. The molecule has 2 aromatic rings. The van der Waals surface area contributed by atoms with Gasteiger partial charge in [0.1, 0.15) is 17.1 Å². The van der Waals surface area contributed by atoms with E-state index in [4.69, 9.17) is 9.72 Å². The van der Waals surface area contributed by atoms with Crippen molar-refractivity contribution in [2.24, 2.45) is 7.05 Å². The van der Waals surface area contributed by atoms with Gasteiger partial charge in [0.25, 0.3) is 0 Å². The van der Waals surface area contributed by atoms with Crippen molar-refractivity contribution in [3.63, 3.8) is 0 Å². The second-order valence-corrected chi connectivity index (χ2v) is 4.94. The van der Waals surface area contributed by atoms with Gasteiger partial charge in [-0.3, -0.25) is 4.90 Å². The first-order chi connectivity index (χ1) is 9.29. The van der Waals surface area contributed by atoms with E-state index in [1.165, 1.54) is 0 Å². The third-order valence-corrected chi connectivity index (χ3v) is 3.74. The number of aryl methyl sites for hydroxylation is 1. The molecule has 19 heavy (non-hydrogen) atoms. The molecule has 0 atom stereocenters. The van der Waals surface area contributed by atoms with Crippen LogP contribution in [0.2, 0.25) is 0 Å². The van der Waals surface area contributed by atoms with E-state index in [9.17, 15) is 0 Å². The molecule has 0 unspecified atom stereocenters. The van der Waals surface area contributed by atoms with Crippen LogP contribution < -0.4 is 10.1 Å². The summed E-state index contributed by atoms with van der Waals surface area (Å²) in [6.45, 7) is 5.19. The van der Waals surface area contributed by atoms with Gasteiger partial charge in [-0.15, -0.1) is 0 Å². The molecule has 1 fully saturated rings. The zero-order valence-electron chi connectivity index (χ0n) is 11.5.